The largest absolute Gasteiger partial charge is 0.479 e. The van der Waals surface area contributed by atoms with E-state index < -0.39 is 40.0 Å². The zero-order chi connectivity index (χ0) is 16.4. The zero-order valence-corrected chi connectivity index (χ0v) is 12.9. The first-order valence-corrected chi connectivity index (χ1v) is 7.21. The summed E-state index contributed by atoms with van der Waals surface area (Å²) in [5.74, 6) is -2.13. The highest BCUT2D eigenvalue weighted by atomic mass is 79.9. The number of rotatable bonds is 5. The Morgan fingerprint density at radius 1 is 1.33 bits per heavy atom. The number of carboxylic acids is 1. The molecule has 0 aliphatic heterocycles. The summed E-state index contributed by atoms with van der Waals surface area (Å²) in [5, 5.41) is 18.4. The van der Waals surface area contributed by atoms with Crippen LogP contribution in [0.25, 0.3) is 0 Å². The predicted octanol–water partition coefficient (Wildman–Crippen LogP) is 3.44. The third-order valence-corrected chi connectivity index (χ3v) is 4.37. The molecule has 0 fully saturated rings. The van der Waals surface area contributed by atoms with Gasteiger partial charge in [0, 0.05) is 4.90 Å². The Bertz CT molecular complexity index is 562. The summed E-state index contributed by atoms with van der Waals surface area (Å²) < 4.78 is 37.7. The van der Waals surface area contributed by atoms with Crippen LogP contribution in [0.4, 0.5) is 13.2 Å². The highest BCUT2D eigenvalue weighted by Gasteiger charge is 2.34. The van der Waals surface area contributed by atoms with E-state index in [4.69, 9.17) is 5.11 Å². The summed E-state index contributed by atoms with van der Waals surface area (Å²) in [5.41, 5.74) is -5.05. The van der Waals surface area contributed by atoms with Crippen LogP contribution in [0.2, 0.25) is 0 Å². The number of carbonyl (C=O) groups is 2. The topological polar surface area (TPSA) is 74.6 Å². The van der Waals surface area contributed by atoms with E-state index in [-0.39, 0.29) is 16.0 Å². The number of aliphatic hydroxyl groups is 1. The number of benzene rings is 1. The quantitative estimate of drug-likeness (QED) is 0.598. The number of halogens is 4. The first kappa shape index (κ1) is 18.0. The minimum atomic E-state index is -4.61. The SMILES string of the molecule is CC(=O)C(Br)c1c(SC(F)(F)F)cccc1C(O)C(=O)O. The molecule has 0 amide bonds. The van der Waals surface area contributed by atoms with Crippen LogP contribution in [0.15, 0.2) is 23.1 Å². The zero-order valence-electron chi connectivity index (χ0n) is 10.5. The molecule has 0 bridgehead atoms. The summed E-state index contributed by atoms with van der Waals surface area (Å²) >= 11 is 2.47. The van der Waals surface area contributed by atoms with E-state index in [2.05, 4.69) is 15.9 Å². The van der Waals surface area contributed by atoms with E-state index in [1.165, 1.54) is 12.1 Å². The molecule has 116 valence electrons. The Balaban J connectivity index is 3.48. The fourth-order valence-corrected chi connectivity index (χ4v) is 3.02. The van der Waals surface area contributed by atoms with Crippen LogP contribution in [0, 0.1) is 0 Å². The molecule has 0 aliphatic rings. The Labute approximate surface area is 130 Å². The maximum atomic E-state index is 12.6. The van der Waals surface area contributed by atoms with Gasteiger partial charge in [0.2, 0.25) is 0 Å². The van der Waals surface area contributed by atoms with Gasteiger partial charge >= 0.3 is 11.5 Å². The molecule has 2 N–H and O–H groups in total. The summed E-state index contributed by atoms with van der Waals surface area (Å²) in [4.78, 5) is 20.8. The maximum absolute atomic E-state index is 12.6. The van der Waals surface area contributed by atoms with Crippen molar-refractivity contribution in [3.8, 4) is 0 Å². The second-order valence-corrected chi connectivity index (χ2v) is 6.04. The van der Waals surface area contributed by atoms with E-state index >= 15 is 0 Å². The van der Waals surface area contributed by atoms with Gasteiger partial charge in [-0.15, -0.1) is 0 Å². The number of Topliss-reactive ketones (excluding diaryl/α,β-unsaturated/α-hetero) is 1. The Morgan fingerprint density at radius 2 is 1.90 bits per heavy atom. The molecule has 0 heterocycles. The van der Waals surface area contributed by atoms with Crippen molar-refractivity contribution in [2.75, 3.05) is 0 Å². The summed E-state index contributed by atoms with van der Waals surface area (Å²) in [6, 6.07) is 3.48. The normalized spacial score (nSPS) is 14.6. The van der Waals surface area contributed by atoms with Crippen molar-refractivity contribution in [3.63, 3.8) is 0 Å². The molecule has 0 aromatic heterocycles. The van der Waals surface area contributed by atoms with Crippen LogP contribution in [0.1, 0.15) is 29.0 Å². The van der Waals surface area contributed by atoms with E-state index in [9.17, 15) is 27.9 Å². The van der Waals surface area contributed by atoms with Gasteiger partial charge in [-0.05, 0) is 35.9 Å². The van der Waals surface area contributed by atoms with Gasteiger partial charge in [0.25, 0.3) is 0 Å². The molecule has 0 spiro atoms. The second kappa shape index (κ2) is 6.80. The smallest absolute Gasteiger partial charge is 0.446 e. The van der Waals surface area contributed by atoms with Crippen LogP contribution in [0.5, 0.6) is 0 Å². The van der Waals surface area contributed by atoms with E-state index in [0.717, 1.165) is 13.0 Å². The lowest BCUT2D eigenvalue weighted by molar-refractivity contribution is -0.147. The molecular formula is C12H10BrF3O4S. The molecule has 0 saturated heterocycles. The number of alkyl halides is 4. The Kier molecular flexibility index (Phi) is 5.83. The Morgan fingerprint density at radius 3 is 2.33 bits per heavy atom. The molecule has 2 atom stereocenters. The molecule has 1 aromatic rings. The van der Waals surface area contributed by atoms with Crippen LogP contribution in [0.3, 0.4) is 0 Å². The van der Waals surface area contributed by atoms with Crippen LogP contribution < -0.4 is 0 Å². The summed E-state index contributed by atoms with van der Waals surface area (Å²) in [6.07, 6.45) is -2.02. The number of aliphatic carboxylic acids is 1. The number of carbonyl (C=O) groups excluding carboxylic acids is 1. The van der Waals surface area contributed by atoms with E-state index in [1.54, 1.807) is 0 Å². The highest BCUT2D eigenvalue weighted by Crippen LogP contribution is 2.44. The molecule has 4 nitrogen and oxygen atoms in total. The van der Waals surface area contributed by atoms with Gasteiger partial charge < -0.3 is 10.2 Å². The number of ketones is 1. The van der Waals surface area contributed by atoms with Crippen molar-refractivity contribution >= 4 is 39.4 Å². The van der Waals surface area contributed by atoms with Crippen molar-refractivity contribution in [1.82, 2.24) is 0 Å². The van der Waals surface area contributed by atoms with Gasteiger partial charge in [-0.2, -0.15) is 13.2 Å². The summed E-state index contributed by atoms with van der Waals surface area (Å²) in [6.45, 7) is 1.14. The lowest BCUT2D eigenvalue weighted by Gasteiger charge is -2.19. The Hall–Kier alpha value is -1.06. The fourth-order valence-electron chi connectivity index (χ4n) is 1.62. The van der Waals surface area contributed by atoms with Crippen LogP contribution in [-0.4, -0.2) is 27.5 Å². The number of aliphatic hydroxyl groups excluding tert-OH is 1. The minimum Gasteiger partial charge on any atom is -0.479 e. The predicted molar refractivity (Wildman–Crippen MR) is 73.3 cm³/mol. The first-order chi connectivity index (χ1) is 9.54. The number of hydrogen-bond acceptors (Lipinski definition) is 4. The minimum absolute atomic E-state index is 0.192. The average molecular weight is 387 g/mol. The molecule has 0 saturated carbocycles. The van der Waals surface area contributed by atoms with E-state index in [0.29, 0.717) is 0 Å². The van der Waals surface area contributed by atoms with Crippen molar-refractivity contribution in [3.05, 3.63) is 29.3 Å². The second-order valence-electron chi connectivity index (χ2n) is 4.02. The standard InChI is InChI=1S/C12H10BrF3O4S/c1-5(17)9(13)8-6(10(18)11(19)20)3-2-4-7(8)21-12(14,15)16/h2-4,9-10,18H,1H3,(H,19,20). The van der Waals surface area contributed by atoms with Crippen LogP contribution >= 0.6 is 27.7 Å². The molecule has 2 unspecified atom stereocenters. The van der Waals surface area contributed by atoms with E-state index in [1.807, 2.05) is 0 Å². The van der Waals surface area contributed by atoms with Crippen molar-refractivity contribution in [2.45, 2.75) is 28.3 Å². The van der Waals surface area contributed by atoms with Crippen molar-refractivity contribution < 1.29 is 33.0 Å². The van der Waals surface area contributed by atoms with Crippen molar-refractivity contribution in [1.29, 1.82) is 0 Å². The third kappa shape index (κ3) is 4.72. The van der Waals surface area contributed by atoms with Crippen molar-refractivity contribution in [2.24, 2.45) is 0 Å². The van der Waals surface area contributed by atoms with Gasteiger partial charge in [-0.1, -0.05) is 28.1 Å². The third-order valence-electron chi connectivity index (χ3n) is 2.46. The average Bonchev–Trinajstić information content (AvgIpc) is 2.34. The number of carboxylic acid groups (broad SMARTS) is 1. The monoisotopic (exact) mass is 386 g/mol. The first-order valence-electron chi connectivity index (χ1n) is 5.48. The molecule has 1 rings (SSSR count). The maximum Gasteiger partial charge on any atom is 0.446 e. The number of thioether (sulfide) groups is 1. The lowest BCUT2D eigenvalue weighted by Crippen LogP contribution is -2.16. The molecular weight excluding hydrogens is 377 g/mol. The van der Waals surface area contributed by atoms with Crippen LogP contribution in [-0.2, 0) is 9.59 Å². The van der Waals surface area contributed by atoms with Gasteiger partial charge in [0.05, 0.1) is 4.83 Å². The molecule has 0 aliphatic carbocycles. The van der Waals surface area contributed by atoms with Gasteiger partial charge in [-0.25, -0.2) is 4.79 Å². The molecule has 1 aromatic carbocycles. The van der Waals surface area contributed by atoms with Gasteiger partial charge in [0.1, 0.15) is 5.78 Å². The molecule has 21 heavy (non-hydrogen) atoms. The van der Waals surface area contributed by atoms with Gasteiger partial charge in [-0.3, -0.25) is 4.79 Å². The number of hydrogen-bond donors (Lipinski definition) is 2. The highest BCUT2D eigenvalue weighted by molar-refractivity contribution is 9.09. The molecule has 0 radical (unpaired) electrons. The lowest BCUT2D eigenvalue weighted by atomic mass is 9.98. The van der Waals surface area contributed by atoms with Gasteiger partial charge in [0.15, 0.2) is 6.10 Å². The fraction of sp³-hybridized carbons (Fsp3) is 0.333. The molecule has 9 heteroatoms. The summed E-state index contributed by atoms with van der Waals surface area (Å²) in [7, 11) is 0.